The van der Waals surface area contributed by atoms with Crippen molar-refractivity contribution in [2.24, 2.45) is 0 Å². The highest BCUT2D eigenvalue weighted by Crippen LogP contribution is 2.25. The largest absolute Gasteiger partial charge is 0.392 e. The van der Waals surface area contributed by atoms with Gasteiger partial charge in [-0.15, -0.1) is 11.8 Å². The summed E-state index contributed by atoms with van der Waals surface area (Å²) >= 11 is 1.58. The number of hydrogen-bond acceptors (Lipinski definition) is 3. The fourth-order valence-corrected chi connectivity index (χ4v) is 3.07. The van der Waals surface area contributed by atoms with Gasteiger partial charge in [0.15, 0.2) is 0 Å². The van der Waals surface area contributed by atoms with Gasteiger partial charge in [0.05, 0.1) is 11.9 Å². The van der Waals surface area contributed by atoms with E-state index in [1.807, 2.05) is 36.1 Å². The van der Waals surface area contributed by atoms with Gasteiger partial charge in [-0.25, -0.2) is 0 Å². The predicted molar refractivity (Wildman–Crippen MR) is 73.5 cm³/mol. The summed E-state index contributed by atoms with van der Waals surface area (Å²) in [6.07, 6.45) is 2.27. The maximum atomic E-state index is 12.1. The third-order valence-electron chi connectivity index (χ3n) is 3.18. The summed E-state index contributed by atoms with van der Waals surface area (Å²) in [4.78, 5) is 15.2. The van der Waals surface area contributed by atoms with Gasteiger partial charge in [-0.2, -0.15) is 0 Å². The highest BCUT2D eigenvalue weighted by molar-refractivity contribution is 8.00. The first-order chi connectivity index (χ1) is 8.70. The maximum absolute atomic E-state index is 12.1. The van der Waals surface area contributed by atoms with Crippen molar-refractivity contribution < 1.29 is 9.90 Å². The maximum Gasteiger partial charge on any atom is 0.235 e. The number of amides is 1. The SMILES string of the molecule is CC(Sc1ccc(CO)cc1)C(=O)N1CCCC1. The quantitative estimate of drug-likeness (QED) is 0.849. The lowest BCUT2D eigenvalue weighted by Crippen LogP contribution is -2.33. The van der Waals surface area contributed by atoms with E-state index in [9.17, 15) is 4.79 Å². The fraction of sp³-hybridized carbons (Fsp3) is 0.500. The van der Waals surface area contributed by atoms with Crippen molar-refractivity contribution in [2.45, 2.75) is 36.5 Å². The molecule has 1 aliphatic heterocycles. The second kappa shape index (κ2) is 6.25. The highest BCUT2D eigenvalue weighted by Gasteiger charge is 2.23. The molecular formula is C14H19NO2S. The Bertz CT molecular complexity index is 399. The molecule has 0 aromatic heterocycles. The van der Waals surface area contributed by atoms with Crippen molar-refractivity contribution in [1.82, 2.24) is 4.90 Å². The topological polar surface area (TPSA) is 40.5 Å². The Morgan fingerprint density at radius 1 is 1.33 bits per heavy atom. The Kier molecular flexibility index (Phi) is 4.66. The number of nitrogens with zero attached hydrogens (tertiary/aromatic N) is 1. The molecule has 1 aromatic carbocycles. The Morgan fingerprint density at radius 2 is 1.94 bits per heavy atom. The Labute approximate surface area is 112 Å². The molecule has 98 valence electrons. The second-order valence-corrected chi connectivity index (χ2v) is 6.01. The third-order valence-corrected chi connectivity index (χ3v) is 4.28. The van der Waals surface area contributed by atoms with Crippen LogP contribution in [0.3, 0.4) is 0 Å². The molecule has 0 radical (unpaired) electrons. The first kappa shape index (κ1) is 13.4. The monoisotopic (exact) mass is 265 g/mol. The molecule has 18 heavy (non-hydrogen) atoms. The van der Waals surface area contributed by atoms with Gasteiger partial charge < -0.3 is 10.0 Å². The number of aliphatic hydroxyl groups is 1. The van der Waals surface area contributed by atoms with E-state index in [0.717, 1.165) is 36.4 Å². The summed E-state index contributed by atoms with van der Waals surface area (Å²) in [7, 11) is 0. The molecular weight excluding hydrogens is 246 g/mol. The summed E-state index contributed by atoms with van der Waals surface area (Å²) < 4.78 is 0. The van der Waals surface area contributed by atoms with Crippen LogP contribution in [0.1, 0.15) is 25.3 Å². The average molecular weight is 265 g/mol. The van der Waals surface area contributed by atoms with E-state index >= 15 is 0 Å². The number of benzene rings is 1. The van der Waals surface area contributed by atoms with Crippen LogP contribution in [0.5, 0.6) is 0 Å². The number of hydrogen-bond donors (Lipinski definition) is 1. The minimum absolute atomic E-state index is 0.0388. The summed E-state index contributed by atoms with van der Waals surface area (Å²) in [5.74, 6) is 0.240. The fourth-order valence-electron chi connectivity index (χ4n) is 2.12. The lowest BCUT2D eigenvalue weighted by atomic mass is 10.2. The molecule has 0 saturated carbocycles. The standard InChI is InChI=1S/C14H19NO2S/c1-11(14(17)15-8-2-3-9-15)18-13-6-4-12(10-16)5-7-13/h4-7,11,16H,2-3,8-10H2,1H3. The number of thioether (sulfide) groups is 1. The number of carbonyl (C=O) groups is 1. The summed E-state index contributed by atoms with van der Waals surface area (Å²) in [5.41, 5.74) is 0.901. The normalized spacial score (nSPS) is 16.9. The van der Waals surface area contributed by atoms with Crippen LogP contribution < -0.4 is 0 Å². The molecule has 1 atom stereocenters. The van der Waals surface area contributed by atoms with Gasteiger partial charge in [0.2, 0.25) is 5.91 Å². The van der Waals surface area contributed by atoms with E-state index in [-0.39, 0.29) is 17.8 Å². The molecule has 1 unspecified atom stereocenters. The van der Waals surface area contributed by atoms with Crippen LogP contribution in [0, 0.1) is 0 Å². The first-order valence-corrected chi connectivity index (χ1v) is 7.24. The van der Waals surface area contributed by atoms with Crippen LogP contribution in [0.15, 0.2) is 29.2 Å². The van der Waals surface area contributed by atoms with Crippen LogP contribution in [-0.4, -0.2) is 34.3 Å². The zero-order valence-corrected chi connectivity index (χ0v) is 11.4. The lowest BCUT2D eigenvalue weighted by molar-refractivity contribution is -0.129. The van der Waals surface area contributed by atoms with E-state index < -0.39 is 0 Å². The molecule has 0 bridgehead atoms. The van der Waals surface area contributed by atoms with Crippen molar-refractivity contribution in [2.75, 3.05) is 13.1 Å². The smallest absolute Gasteiger partial charge is 0.235 e. The molecule has 3 nitrogen and oxygen atoms in total. The molecule has 1 aromatic rings. The van der Waals surface area contributed by atoms with Crippen LogP contribution in [0.2, 0.25) is 0 Å². The van der Waals surface area contributed by atoms with Crippen molar-refractivity contribution in [3.05, 3.63) is 29.8 Å². The summed E-state index contributed by atoms with van der Waals surface area (Å²) in [6, 6.07) is 7.72. The van der Waals surface area contributed by atoms with Gasteiger partial charge >= 0.3 is 0 Å². The van der Waals surface area contributed by atoms with E-state index in [0.29, 0.717) is 0 Å². The number of aliphatic hydroxyl groups excluding tert-OH is 1. The van der Waals surface area contributed by atoms with Crippen LogP contribution in [0.4, 0.5) is 0 Å². The van der Waals surface area contributed by atoms with E-state index in [4.69, 9.17) is 5.11 Å². The van der Waals surface area contributed by atoms with Crippen molar-refractivity contribution in [1.29, 1.82) is 0 Å². The number of rotatable bonds is 4. The van der Waals surface area contributed by atoms with Crippen molar-refractivity contribution >= 4 is 17.7 Å². The molecule has 1 aliphatic rings. The number of likely N-dealkylation sites (tertiary alicyclic amines) is 1. The van der Waals surface area contributed by atoms with E-state index in [1.54, 1.807) is 11.8 Å². The molecule has 4 heteroatoms. The molecule has 1 fully saturated rings. The van der Waals surface area contributed by atoms with Crippen LogP contribution >= 0.6 is 11.8 Å². The second-order valence-electron chi connectivity index (χ2n) is 4.59. The van der Waals surface area contributed by atoms with E-state index in [1.165, 1.54) is 0 Å². The zero-order chi connectivity index (χ0) is 13.0. The molecule has 2 rings (SSSR count). The molecule has 0 spiro atoms. The van der Waals surface area contributed by atoms with Gasteiger partial charge in [0, 0.05) is 18.0 Å². The predicted octanol–water partition coefficient (Wildman–Crippen LogP) is 2.28. The average Bonchev–Trinajstić information content (AvgIpc) is 2.92. The molecule has 1 saturated heterocycles. The van der Waals surface area contributed by atoms with E-state index in [2.05, 4.69) is 0 Å². The Balaban J connectivity index is 1.92. The summed E-state index contributed by atoms with van der Waals surface area (Å²) in [5, 5.41) is 8.94. The van der Waals surface area contributed by atoms with Crippen LogP contribution in [0.25, 0.3) is 0 Å². The molecule has 0 aliphatic carbocycles. The molecule has 1 amide bonds. The minimum Gasteiger partial charge on any atom is -0.392 e. The summed E-state index contributed by atoms with van der Waals surface area (Å²) in [6.45, 7) is 3.85. The number of carbonyl (C=O) groups excluding carboxylic acids is 1. The molecule has 1 heterocycles. The third kappa shape index (κ3) is 3.27. The van der Waals surface area contributed by atoms with Gasteiger partial charge in [-0.05, 0) is 37.5 Å². The first-order valence-electron chi connectivity index (χ1n) is 6.36. The Hall–Kier alpha value is -1.00. The Morgan fingerprint density at radius 3 is 2.50 bits per heavy atom. The van der Waals surface area contributed by atoms with Gasteiger partial charge in [-0.1, -0.05) is 12.1 Å². The van der Waals surface area contributed by atoms with Gasteiger partial charge in [0.1, 0.15) is 0 Å². The highest BCUT2D eigenvalue weighted by atomic mass is 32.2. The van der Waals surface area contributed by atoms with Gasteiger partial charge in [0.25, 0.3) is 0 Å². The van der Waals surface area contributed by atoms with Crippen LogP contribution in [-0.2, 0) is 11.4 Å². The molecule has 1 N–H and O–H groups in total. The van der Waals surface area contributed by atoms with Crippen molar-refractivity contribution in [3.8, 4) is 0 Å². The van der Waals surface area contributed by atoms with Crippen molar-refractivity contribution in [3.63, 3.8) is 0 Å². The minimum atomic E-state index is -0.0388. The zero-order valence-electron chi connectivity index (χ0n) is 10.6. The lowest BCUT2D eigenvalue weighted by Gasteiger charge is -2.19. The van der Waals surface area contributed by atoms with Gasteiger partial charge in [-0.3, -0.25) is 4.79 Å².